The number of hydrogen-bond donors (Lipinski definition) is 3. The Morgan fingerprint density at radius 1 is 1.17 bits per heavy atom. The van der Waals surface area contributed by atoms with Crippen molar-refractivity contribution < 1.29 is 19.3 Å². The average molecular weight is 516 g/mol. The van der Waals surface area contributed by atoms with Gasteiger partial charge in [-0.25, -0.2) is 4.90 Å². The smallest absolute Gasteiger partial charge is 0.293 e. The molecule has 1 aromatic rings. The highest BCUT2D eigenvalue weighted by Crippen LogP contribution is 2.61. The second-order valence-electron chi connectivity index (χ2n) is 10.8. The molecule has 0 heterocycles. The number of nitrogens with one attached hydrogen (secondary N) is 1. The molecule has 1 aromatic carbocycles. The summed E-state index contributed by atoms with van der Waals surface area (Å²) in [6, 6.07) is 4.32. The fraction of sp³-hybridized carbons (Fsp3) is 0.600. The quantitative estimate of drug-likeness (QED) is 0.257. The van der Waals surface area contributed by atoms with Gasteiger partial charge in [0, 0.05) is 12.5 Å². The Morgan fingerprint density at radius 2 is 1.72 bits per heavy atom. The van der Waals surface area contributed by atoms with Crippen molar-refractivity contribution in [3.8, 4) is 0 Å². The number of hydrogen-bond acceptors (Lipinski definition) is 7. The minimum atomic E-state index is -0.963. The Morgan fingerprint density at radius 3 is 2.22 bits per heavy atom. The van der Waals surface area contributed by atoms with Crippen LogP contribution in [-0.4, -0.2) is 39.7 Å². The summed E-state index contributed by atoms with van der Waals surface area (Å²) in [7, 11) is 0. The fourth-order valence-corrected chi connectivity index (χ4v) is 6.88. The number of nitrogens with two attached hydrogens (primary N) is 2. The van der Waals surface area contributed by atoms with E-state index in [0.717, 1.165) is 24.2 Å². The summed E-state index contributed by atoms with van der Waals surface area (Å²) in [6.45, 7) is 1.65. The molecule has 0 aromatic heterocycles. The molecule has 5 rings (SSSR count). The van der Waals surface area contributed by atoms with Crippen LogP contribution in [0.1, 0.15) is 58.3 Å². The van der Waals surface area contributed by atoms with Crippen LogP contribution in [0.15, 0.2) is 24.3 Å². The number of anilines is 1. The Labute approximate surface area is 215 Å². The van der Waals surface area contributed by atoms with Gasteiger partial charge in [-0.15, -0.1) is 0 Å². The summed E-state index contributed by atoms with van der Waals surface area (Å²) >= 11 is 5.15. The van der Waals surface area contributed by atoms with E-state index in [9.17, 15) is 24.5 Å². The largest absolute Gasteiger partial charge is 0.368 e. The van der Waals surface area contributed by atoms with Crippen LogP contribution < -0.4 is 21.7 Å². The number of para-hydroxylation sites is 2. The fourth-order valence-electron chi connectivity index (χ4n) is 6.74. The molecule has 0 unspecified atom stereocenters. The van der Waals surface area contributed by atoms with Crippen molar-refractivity contribution in [2.75, 3.05) is 4.90 Å². The Bertz CT molecular complexity index is 1060. The molecule has 4 aliphatic carbocycles. The minimum absolute atomic E-state index is 0.0354. The zero-order valence-electron chi connectivity index (χ0n) is 20.4. The molecule has 10 nitrogen and oxygen atoms in total. The maximum Gasteiger partial charge on any atom is 0.293 e. The number of nitro groups is 1. The minimum Gasteiger partial charge on any atom is -0.368 e. The van der Waals surface area contributed by atoms with E-state index >= 15 is 0 Å². The van der Waals surface area contributed by atoms with Crippen LogP contribution in [0.4, 0.5) is 11.4 Å². The van der Waals surface area contributed by atoms with Crippen LogP contribution in [0.3, 0.4) is 0 Å². The topological polar surface area (TPSA) is 162 Å². The van der Waals surface area contributed by atoms with Gasteiger partial charge in [-0.1, -0.05) is 24.4 Å². The standard InChI is InChI=1S/C25H33N5O5S/c1-14(26)23(36)28-18(22(27)32)6-7-21(31)29(19-4-2-3-5-20(19)30(34)35)24(33)25-11-15-8-16(12-25)10-17(9-15)13-25/h2-5,14-18H,6-13,26H2,1H3,(H2,27,32)(H,28,36)/t14-,15?,16?,17?,18+,25?/m0/s1. The maximum absolute atomic E-state index is 14.2. The van der Waals surface area contributed by atoms with Crippen LogP contribution in [0, 0.1) is 33.3 Å². The van der Waals surface area contributed by atoms with Gasteiger partial charge < -0.3 is 16.8 Å². The first-order valence-electron chi connectivity index (χ1n) is 12.5. The lowest BCUT2D eigenvalue weighted by atomic mass is 9.49. The molecule has 2 atom stereocenters. The van der Waals surface area contributed by atoms with E-state index in [1.807, 2.05) is 0 Å². The summed E-state index contributed by atoms with van der Waals surface area (Å²) < 4.78 is 0. The molecule has 5 N–H and O–H groups in total. The number of rotatable bonds is 9. The number of imide groups is 1. The van der Waals surface area contributed by atoms with Crippen molar-refractivity contribution >= 4 is 46.3 Å². The van der Waals surface area contributed by atoms with Gasteiger partial charge >= 0.3 is 0 Å². The number of primary amides is 1. The van der Waals surface area contributed by atoms with Gasteiger partial charge in [-0.05, 0) is 75.7 Å². The lowest BCUT2D eigenvalue weighted by molar-refractivity contribution is -0.384. The molecule has 3 amide bonds. The van der Waals surface area contributed by atoms with E-state index in [2.05, 4.69) is 5.32 Å². The molecule has 36 heavy (non-hydrogen) atoms. The highest BCUT2D eigenvalue weighted by atomic mass is 32.1. The monoisotopic (exact) mass is 515 g/mol. The summed E-state index contributed by atoms with van der Waals surface area (Å²) in [5, 5.41) is 14.6. The predicted molar refractivity (Wildman–Crippen MR) is 138 cm³/mol. The molecule has 4 saturated carbocycles. The van der Waals surface area contributed by atoms with Gasteiger partial charge in [0.25, 0.3) is 5.69 Å². The summed E-state index contributed by atoms with van der Waals surface area (Å²) in [5.41, 5.74) is 10.2. The van der Waals surface area contributed by atoms with E-state index in [1.54, 1.807) is 13.0 Å². The highest BCUT2D eigenvalue weighted by Gasteiger charge is 2.56. The van der Waals surface area contributed by atoms with E-state index in [-0.39, 0.29) is 35.1 Å². The van der Waals surface area contributed by atoms with E-state index < -0.39 is 34.2 Å². The molecule has 0 saturated heterocycles. The van der Waals surface area contributed by atoms with Crippen LogP contribution in [-0.2, 0) is 14.4 Å². The zero-order chi connectivity index (χ0) is 26.2. The normalized spacial score (nSPS) is 27.7. The SMILES string of the molecule is C[C@H](N)C(=S)N[C@H](CCC(=O)N(C(=O)C12CC3CC(CC(C3)C1)C2)c1ccccc1[N+](=O)[O-])C(N)=O. The van der Waals surface area contributed by atoms with Crippen molar-refractivity contribution in [3.05, 3.63) is 34.4 Å². The van der Waals surface area contributed by atoms with Gasteiger partial charge in [-0.3, -0.25) is 24.5 Å². The number of carbonyl (C=O) groups is 3. The van der Waals surface area contributed by atoms with Gasteiger partial charge in [0.15, 0.2) is 0 Å². The average Bonchev–Trinajstić information content (AvgIpc) is 2.80. The first kappa shape index (κ1) is 26.2. The molecule has 0 spiro atoms. The first-order chi connectivity index (χ1) is 17.0. The molecular weight excluding hydrogens is 482 g/mol. The Kier molecular flexibility index (Phi) is 7.42. The van der Waals surface area contributed by atoms with Crippen LogP contribution in [0.5, 0.6) is 0 Å². The summed E-state index contributed by atoms with van der Waals surface area (Å²) in [4.78, 5) is 52.3. The second kappa shape index (κ2) is 10.2. The lowest BCUT2D eigenvalue weighted by Gasteiger charge is -2.56. The number of nitrogens with zero attached hydrogens (tertiary/aromatic N) is 2. The molecule has 0 aliphatic heterocycles. The molecule has 0 radical (unpaired) electrons. The predicted octanol–water partition coefficient (Wildman–Crippen LogP) is 2.57. The zero-order valence-corrected chi connectivity index (χ0v) is 21.2. The number of amides is 3. The Hall–Kier alpha value is -2.92. The van der Waals surface area contributed by atoms with Crippen LogP contribution in [0.25, 0.3) is 0 Å². The maximum atomic E-state index is 14.2. The first-order valence-corrected chi connectivity index (χ1v) is 12.9. The molecule has 194 valence electrons. The van der Waals surface area contributed by atoms with Crippen LogP contribution >= 0.6 is 12.2 Å². The third-order valence-electron chi connectivity index (χ3n) is 7.98. The molecule has 4 aliphatic rings. The number of benzene rings is 1. The van der Waals surface area contributed by atoms with Crippen molar-refractivity contribution in [2.45, 2.75) is 70.4 Å². The summed E-state index contributed by atoms with van der Waals surface area (Å²) in [5.74, 6) is -0.335. The third kappa shape index (κ3) is 5.12. The molecular formula is C25H33N5O5S. The Balaban J connectivity index is 1.63. The second-order valence-corrected chi connectivity index (χ2v) is 11.2. The van der Waals surface area contributed by atoms with Gasteiger partial charge in [0.05, 0.1) is 21.4 Å². The number of thiocarbonyl (C=S) groups is 1. The molecule has 4 bridgehead atoms. The van der Waals surface area contributed by atoms with Crippen molar-refractivity contribution in [3.63, 3.8) is 0 Å². The molecule has 4 fully saturated rings. The van der Waals surface area contributed by atoms with Crippen molar-refractivity contribution in [1.82, 2.24) is 5.32 Å². The molecule has 11 heteroatoms. The van der Waals surface area contributed by atoms with E-state index in [4.69, 9.17) is 23.7 Å². The van der Waals surface area contributed by atoms with Crippen molar-refractivity contribution in [1.29, 1.82) is 0 Å². The van der Waals surface area contributed by atoms with Crippen LogP contribution in [0.2, 0.25) is 0 Å². The van der Waals surface area contributed by atoms with Gasteiger partial charge in [-0.2, -0.15) is 0 Å². The number of nitro benzene ring substituents is 1. The summed E-state index contributed by atoms with van der Waals surface area (Å²) in [6.07, 6.45) is 5.17. The van der Waals surface area contributed by atoms with Gasteiger partial charge in [0.2, 0.25) is 17.7 Å². The van der Waals surface area contributed by atoms with Gasteiger partial charge in [0.1, 0.15) is 11.7 Å². The van der Waals surface area contributed by atoms with Crippen molar-refractivity contribution in [2.24, 2.45) is 34.6 Å². The van der Waals surface area contributed by atoms with E-state index in [1.165, 1.54) is 18.2 Å². The third-order valence-corrected chi connectivity index (χ3v) is 8.47. The lowest BCUT2D eigenvalue weighted by Crippen LogP contribution is -2.56. The van der Waals surface area contributed by atoms with E-state index in [0.29, 0.717) is 37.0 Å². The number of carbonyl (C=O) groups excluding carboxylic acids is 3. The highest BCUT2D eigenvalue weighted by molar-refractivity contribution is 7.80.